The second-order valence-electron chi connectivity index (χ2n) is 6.97. The van der Waals surface area contributed by atoms with Crippen molar-refractivity contribution >= 4 is 11.3 Å². The number of hydrogen-bond acceptors (Lipinski definition) is 5. The van der Waals surface area contributed by atoms with Gasteiger partial charge in [-0.15, -0.1) is 5.10 Å². The Morgan fingerprint density at radius 2 is 2.00 bits per heavy atom. The van der Waals surface area contributed by atoms with Crippen LogP contribution in [-0.4, -0.2) is 22.8 Å². The van der Waals surface area contributed by atoms with E-state index in [2.05, 4.69) is 43.2 Å². The molecule has 1 saturated carbocycles. The van der Waals surface area contributed by atoms with E-state index in [0.29, 0.717) is 17.4 Å². The monoisotopic (exact) mass is 297 g/mol. The minimum absolute atomic E-state index is 0.326. The van der Waals surface area contributed by atoms with Crippen molar-refractivity contribution in [3.8, 4) is 5.19 Å². The van der Waals surface area contributed by atoms with E-state index in [1.807, 2.05) is 0 Å². The van der Waals surface area contributed by atoms with Gasteiger partial charge in [-0.05, 0) is 43.6 Å². The van der Waals surface area contributed by atoms with E-state index in [0.717, 1.165) is 36.1 Å². The first-order chi connectivity index (χ1) is 9.44. The Hall–Kier alpha value is -0.680. The summed E-state index contributed by atoms with van der Waals surface area (Å²) in [4.78, 5) is 0. The van der Waals surface area contributed by atoms with Crippen molar-refractivity contribution in [3.63, 3.8) is 0 Å². The maximum absolute atomic E-state index is 5.97. The van der Waals surface area contributed by atoms with Crippen molar-refractivity contribution in [2.45, 2.75) is 66.0 Å². The summed E-state index contributed by atoms with van der Waals surface area (Å²) < 4.78 is 5.97. The number of nitrogens with one attached hydrogen (secondary N) is 1. The normalized spacial score (nSPS) is 19.4. The van der Waals surface area contributed by atoms with Gasteiger partial charge in [0.05, 0.1) is 0 Å². The quantitative estimate of drug-likeness (QED) is 0.871. The van der Waals surface area contributed by atoms with E-state index in [1.54, 1.807) is 11.3 Å². The third kappa shape index (κ3) is 5.02. The van der Waals surface area contributed by atoms with Gasteiger partial charge in [0, 0.05) is 6.54 Å². The maximum atomic E-state index is 5.97. The lowest BCUT2D eigenvalue weighted by molar-refractivity contribution is 0.0978. The predicted octanol–water partition coefficient (Wildman–Crippen LogP) is 3.63. The molecule has 1 N–H and O–H groups in total. The number of hydrogen-bond donors (Lipinski definition) is 1. The molecular weight excluding hydrogens is 270 g/mol. The van der Waals surface area contributed by atoms with Gasteiger partial charge in [-0.1, -0.05) is 44.1 Å². The summed E-state index contributed by atoms with van der Waals surface area (Å²) in [6, 6.07) is 0. The van der Waals surface area contributed by atoms with Gasteiger partial charge in [0.25, 0.3) is 5.19 Å². The van der Waals surface area contributed by atoms with Gasteiger partial charge < -0.3 is 10.1 Å². The molecular formula is C15H27N3OS. The SMILES string of the molecule is CC(C)CNCc1nnc(OC2CCC(C)(C)CC2)s1. The maximum Gasteiger partial charge on any atom is 0.294 e. The Bertz CT molecular complexity index is 407. The van der Waals surface area contributed by atoms with Gasteiger partial charge in [0.2, 0.25) is 0 Å². The highest BCUT2D eigenvalue weighted by Crippen LogP contribution is 2.36. The van der Waals surface area contributed by atoms with Crippen molar-refractivity contribution in [2.75, 3.05) is 6.54 Å². The van der Waals surface area contributed by atoms with Crippen molar-refractivity contribution in [1.29, 1.82) is 0 Å². The number of ether oxygens (including phenoxy) is 1. The molecule has 1 aromatic rings. The Morgan fingerprint density at radius 1 is 1.30 bits per heavy atom. The molecule has 1 heterocycles. The van der Waals surface area contributed by atoms with Crippen LogP contribution in [0.5, 0.6) is 5.19 Å². The fourth-order valence-corrected chi connectivity index (χ4v) is 3.18. The Balaban J connectivity index is 1.75. The summed E-state index contributed by atoms with van der Waals surface area (Å²) in [5, 5.41) is 13.5. The molecule has 0 amide bonds. The molecule has 0 radical (unpaired) electrons. The zero-order valence-electron chi connectivity index (χ0n) is 13.1. The van der Waals surface area contributed by atoms with Crippen LogP contribution in [0.2, 0.25) is 0 Å². The molecule has 4 nitrogen and oxygen atoms in total. The second kappa shape index (κ2) is 6.85. The van der Waals surface area contributed by atoms with Crippen molar-refractivity contribution < 1.29 is 4.74 Å². The van der Waals surface area contributed by atoms with Crippen LogP contribution in [0, 0.1) is 11.3 Å². The molecule has 0 spiro atoms. The zero-order chi connectivity index (χ0) is 14.6. The van der Waals surface area contributed by atoms with E-state index in [4.69, 9.17) is 4.74 Å². The summed E-state index contributed by atoms with van der Waals surface area (Å²) in [6.07, 6.45) is 5.06. The Kier molecular flexibility index (Phi) is 5.38. The topological polar surface area (TPSA) is 47.0 Å². The molecule has 20 heavy (non-hydrogen) atoms. The molecule has 2 rings (SSSR count). The highest BCUT2D eigenvalue weighted by Gasteiger charge is 2.28. The van der Waals surface area contributed by atoms with Crippen LogP contribution in [0.25, 0.3) is 0 Å². The largest absolute Gasteiger partial charge is 0.466 e. The number of aromatic nitrogens is 2. The molecule has 0 aliphatic heterocycles. The summed E-state index contributed by atoms with van der Waals surface area (Å²) >= 11 is 1.57. The van der Waals surface area contributed by atoms with Crippen LogP contribution in [0.3, 0.4) is 0 Å². The molecule has 114 valence electrons. The fourth-order valence-electron chi connectivity index (χ4n) is 2.46. The Morgan fingerprint density at radius 3 is 2.65 bits per heavy atom. The molecule has 1 aromatic heterocycles. The molecule has 0 bridgehead atoms. The molecule has 0 atom stereocenters. The summed E-state index contributed by atoms with van der Waals surface area (Å²) in [5.74, 6) is 0.657. The van der Waals surface area contributed by atoms with E-state index in [-0.39, 0.29) is 0 Å². The number of rotatable bonds is 6. The van der Waals surface area contributed by atoms with Crippen LogP contribution < -0.4 is 10.1 Å². The van der Waals surface area contributed by atoms with Gasteiger partial charge in [-0.3, -0.25) is 0 Å². The lowest BCUT2D eigenvalue weighted by Gasteiger charge is -2.33. The van der Waals surface area contributed by atoms with Gasteiger partial charge >= 0.3 is 0 Å². The minimum atomic E-state index is 0.326. The lowest BCUT2D eigenvalue weighted by Crippen LogP contribution is -2.28. The first kappa shape index (κ1) is 15.7. The van der Waals surface area contributed by atoms with E-state index >= 15 is 0 Å². The fraction of sp³-hybridized carbons (Fsp3) is 0.867. The second-order valence-corrected chi connectivity index (χ2v) is 7.99. The van der Waals surface area contributed by atoms with E-state index in [9.17, 15) is 0 Å². The highest BCUT2D eigenvalue weighted by molar-refractivity contribution is 7.13. The van der Waals surface area contributed by atoms with Crippen LogP contribution in [0.15, 0.2) is 0 Å². The summed E-state index contributed by atoms with van der Waals surface area (Å²) in [5.41, 5.74) is 0.479. The minimum Gasteiger partial charge on any atom is -0.466 e. The lowest BCUT2D eigenvalue weighted by atomic mass is 9.76. The molecule has 1 aliphatic rings. The van der Waals surface area contributed by atoms with Crippen molar-refractivity contribution in [1.82, 2.24) is 15.5 Å². The van der Waals surface area contributed by atoms with Gasteiger partial charge in [0.15, 0.2) is 0 Å². The molecule has 0 unspecified atom stereocenters. The standard InChI is InChI=1S/C15H27N3OS/c1-11(2)9-16-10-13-17-18-14(20-13)19-12-5-7-15(3,4)8-6-12/h11-12,16H,5-10H2,1-4H3. The molecule has 5 heteroatoms. The number of nitrogens with zero attached hydrogens (tertiary/aromatic N) is 2. The Labute approximate surface area is 126 Å². The van der Waals surface area contributed by atoms with E-state index in [1.165, 1.54) is 12.8 Å². The van der Waals surface area contributed by atoms with Gasteiger partial charge in [-0.25, -0.2) is 0 Å². The summed E-state index contributed by atoms with van der Waals surface area (Å²) in [6.45, 7) is 10.9. The molecule has 0 aromatic carbocycles. The van der Waals surface area contributed by atoms with Crippen LogP contribution in [0.4, 0.5) is 0 Å². The zero-order valence-corrected chi connectivity index (χ0v) is 13.9. The third-order valence-corrected chi connectivity index (χ3v) is 4.64. The molecule has 1 aliphatic carbocycles. The van der Waals surface area contributed by atoms with Crippen LogP contribution >= 0.6 is 11.3 Å². The predicted molar refractivity (Wildman–Crippen MR) is 83.1 cm³/mol. The first-order valence-corrected chi connectivity index (χ1v) is 8.46. The third-order valence-electron chi connectivity index (χ3n) is 3.83. The van der Waals surface area contributed by atoms with Gasteiger partial charge in [0.1, 0.15) is 11.1 Å². The molecule has 0 saturated heterocycles. The highest BCUT2D eigenvalue weighted by atomic mass is 32.1. The smallest absolute Gasteiger partial charge is 0.294 e. The first-order valence-electron chi connectivity index (χ1n) is 7.64. The average molecular weight is 297 g/mol. The summed E-state index contributed by atoms with van der Waals surface area (Å²) in [7, 11) is 0. The van der Waals surface area contributed by atoms with Crippen molar-refractivity contribution in [2.24, 2.45) is 11.3 Å². The van der Waals surface area contributed by atoms with Crippen LogP contribution in [0.1, 0.15) is 58.4 Å². The van der Waals surface area contributed by atoms with E-state index < -0.39 is 0 Å². The average Bonchev–Trinajstić information content (AvgIpc) is 2.79. The van der Waals surface area contributed by atoms with Crippen molar-refractivity contribution in [3.05, 3.63) is 5.01 Å². The van der Waals surface area contributed by atoms with Crippen LogP contribution in [-0.2, 0) is 6.54 Å². The molecule has 1 fully saturated rings. The van der Waals surface area contributed by atoms with Gasteiger partial charge in [-0.2, -0.15) is 0 Å².